The van der Waals surface area contributed by atoms with Gasteiger partial charge in [-0.3, -0.25) is 14.5 Å². The molecule has 29 heavy (non-hydrogen) atoms. The molecule has 2 aliphatic heterocycles. The Morgan fingerprint density at radius 1 is 0.931 bits per heavy atom. The molecule has 2 rings (SSSR count). The Bertz CT molecular complexity index is 479. The number of rotatable bonds is 11. The van der Waals surface area contributed by atoms with E-state index in [0.717, 1.165) is 65.3 Å². The standard InChI is InChI=1S/C11H20N2OS.C10H18N2O2/c1-2-4-11(14)12-5-3-6-13-7-9-15-10-8-13;1-2-10(13)11-4-3-5-12-6-8-14-9-7-12/h2H,1,3-10H2,(H,12,14);2H,1,3-9H2,(H,11,13). The number of amides is 2. The van der Waals surface area contributed by atoms with Crippen LogP contribution in [0.1, 0.15) is 19.3 Å². The first kappa shape index (κ1) is 25.7. The Kier molecular flexibility index (Phi) is 15.5. The lowest BCUT2D eigenvalue weighted by atomic mass is 10.3. The van der Waals surface area contributed by atoms with E-state index in [1.54, 1.807) is 6.08 Å². The lowest BCUT2D eigenvalue weighted by molar-refractivity contribution is -0.120. The van der Waals surface area contributed by atoms with Crippen LogP contribution in [0.2, 0.25) is 0 Å². The van der Waals surface area contributed by atoms with Crippen molar-refractivity contribution >= 4 is 23.6 Å². The number of nitrogens with one attached hydrogen (secondary N) is 2. The third kappa shape index (κ3) is 14.3. The van der Waals surface area contributed by atoms with Crippen LogP contribution in [0.5, 0.6) is 0 Å². The summed E-state index contributed by atoms with van der Waals surface area (Å²) >= 11 is 2.03. The van der Waals surface area contributed by atoms with E-state index in [-0.39, 0.29) is 11.8 Å². The Morgan fingerprint density at radius 3 is 2.10 bits per heavy atom. The smallest absolute Gasteiger partial charge is 0.243 e. The number of nitrogens with zero attached hydrogens (tertiary/aromatic N) is 2. The predicted molar refractivity (Wildman–Crippen MR) is 121 cm³/mol. The summed E-state index contributed by atoms with van der Waals surface area (Å²) in [7, 11) is 0. The predicted octanol–water partition coefficient (Wildman–Crippen LogP) is 1.13. The summed E-state index contributed by atoms with van der Waals surface area (Å²) in [6.07, 6.45) is 5.40. The first-order chi connectivity index (χ1) is 14.2. The van der Waals surface area contributed by atoms with Gasteiger partial charge in [-0.1, -0.05) is 12.7 Å². The maximum atomic E-state index is 11.1. The molecule has 0 aliphatic carbocycles. The van der Waals surface area contributed by atoms with Gasteiger partial charge in [-0.15, -0.1) is 6.58 Å². The van der Waals surface area contributed by atoms with Crippen LogP contribution in [0.15, 0.2) is 25.3 Å². The van der Waals surface area contributed by atoms with Crippen LogP contribution >= 0.6 is 11.8 Å². The normalized spacial score (nSPS) is 17.5. The van der Waals surface area contributed by atoms with E-state index in [1.165, 1.54) is 30.7 Å². The van der Waals surface area contributed by atoms with Crippen molar-refractivity contribution in [3.05, 3.63) is 25.3 Å². The maximum absolute atomic E-state index is 11.1. The second-order valence-corrected chi connectivity index (χ2v) is 8.18. The fourth-order valence-corrected chi connectivity index (χ4v) is 3.95. The molecule has 2 saturated heterocycles. The summed E-state index contributed by atoms with van der Waals surface area (Å²) in [5, 5.41) is 5.64. The van der Waals surface area contributed by atoms with Gasteiger partial charge in [0.1, 0.15) is 0 Å². The van der Waals surface area contributed by atoms with Gasteiger partial charge in [-0.05, 0) is 32.0 Å². The van der Waals surface area contributed by atoms with Gasteiger partial charge in [0.25, 0.3) is 0 Å². The molecule has 0 spiro atoms. The van der Waals surface area contributed by atoms with Crippen LogP contribution in [0, 0.1) is 0 Å². The van der Waals surface area contributed by atoms with Crippen molar-refractivity contribution in [3.63, 3.8) is 0 Å². The van der Waals surface area contributed by atoms with Gasteiger partial charge in [-0.2, -0.15) is 11.8 Å². The SMILES string of the molecule is C=CC(=O)NCCCN1CCOCC1.C=CCC(=O)NCCCN1CCSCC1. The highest BCUT2D eigenvalue weighted by Crippen LogP contribution is 2.08. The number of carbonyl (C=O) groups is 2. The van der Waals surface area contributed by atoms with Crippen molar-refractivity contribution in [2.45, 2.75) is 19.3 Å². The minimum absolute atomic E-state index is 0.0826. The van der Waals surface area contributed by atoms with Gasteiger partial charge in [0.15, 0.2) is 0 Å². The number of carbonyl (C=O) groups excluding carboxylic acids is 2. The van der Waals surface area contributed by atoms with E-state index >= 15 is 0 Å². The fraction of sp³-hybridized carbons (Fsp3) is 0.714. The number of thioether (sulfide) groups is 1. The van der Waals surface area contributed by atoms with Gasteiger partial charge >= 0.3 is 0 Å². The van der Waals surface area contributed by atoms with Crippen LogP contribution in [0.25, 0.3) is 0 Å². The average molecular weight is 427 g/mol. The van der Waals surface area contributed by atoms with E-state index in [9.17, 15) is 9.59 Å². The molecule has 0 aromatic heterocycles. The minimum Gasteiger partial charge on any atom is -0.379 e. The van der Waals surface area contributed by atoms with Crippen LogP contribution in [-0.2, 0) is 14.3 Å². The molecule has 0 unspecified atom stereocenters. The highest BCUT2D eigenvalue weighted by molar-refractivity contribution is 7.99. The van der Waals surface area contributed by atoms with E-state index in [2.05, 4.69) is 33.6 Å². The molecule has 0 aromatic carbocycles. The van der Waals surface area contributed by atoms with Crippen molar-refractivity contribution in [1.82, 2.24) is 20.4 Å². The molecule has 0 bridgehead atoms. The molecule has 7 nitrogen and oxygen atoms in total. The van der Waals surface area contributed by atoms with E-state index < -0.39 is 0 Å². The highest BCUT2D eigenvalue weighted by atomic mass is 32.2. The maximum Gasteiger partial charge on any atom is 0.243 e. The minimum atomic E-state index is -0.0908. The summed E-state index contributed by atoms with van der Waals surface area (Å²) in [5.41, 5.74) is 0. The third-order valence-electron chi connectivity index (χ3n) is 4.65. The van der Waals surface area contributed by atoms with Crippen LogP contribution in [0.3, 0.4) is 0 Å². The van der Waals surface area contributed by atoms with Crippen LogP contribution in [-0.4, -0.2) is 98.7 Å². The van der Waals surface area contributed by atoms with Gasteiger partial charge < -0.3 is 20.3 Å². The molecule has 0 saturated carbocycles. The molecule has 2 aliphatic rings. The Hall–Kier alpha value is -1.35. The van der Waals surface area contributed by atoms with Gasteiger partial charge in [-0.25, -0.2) is 0 Å². The first-order valence-corrected chi connectivity index (χ1v) is 11.7. The largest absolute Gasteiger partial charge is 0.379 e. The topological polar surface area (TPSA) is 73.9 Å². The van der Waals surface area contributed by atoms with Gasteiger partial charge in [0, 0.05) is 57.2 Å². The van der Waals surface area contributed by atoms with Crippen molar-refractivity contribution in [2.24, 2.45) is 0 Å². The second kappa shape index (κ2) is 17.5. The zero-order valence-electron chi connectivity index (χ0n) is 17.7. The number of hydrogen-bond donors (Lipinski definition) is 2. The summed E-state index contributed by atoms with van der Waals surface area (Å²) in [5.74, 6) is 2.50. The number of morpholine rings is 1. The molecular weight excluding hydrogens is 388 g/mol. The first-order valence-electron chi connectivity index (χ1n) is 10.5. The van der Waals surface area contributed by atoms with Gasteiger partial charge in [0.2, 0.25) is 11.8 Å². The summed E-state index contributed by atoms with van der Waals surface area (Å²) in [6, 6.07) is 0. The summed E-state index contributed by atoms with van der Waals surface area (Å²) < 4.78 is 5.24. The van der Waals surface area contributed by atoms with Crippen molar-refractivity contribution in [3.8, 4) is 0 Å². The van der Waals surface area contributed by atoms with Crippen molar-refractivity contribution in [2.75, 3.05) is 77.1 Å². The molecule has 0 atom stereocenters. The lowest BCUT2D eigenvalue weighted by Crippen LogP contribution is -2.38. The molecule has 2 N–H and O–H groups in total. The molecule has 8 heteroatoms. The van der Waals surface area contributed by atoms with Crippen molar-refractivity contribution < 1.29 is 14.3 Å². The van der Waals surface area contributed by atoms with E-state index in [4.69, 9.17) is 4.74 Å². The molecular formula is C21H38N4O3S. The fourth-order valence-electron chi connectivity index (χ4n) is 2.97. The lowest BCUT2D eigenvalue weighted by Gasteiger charge is -2.26. The van der Waals surface area contributed by atoms with Gasteiger partial charge in [0.05, 0.1) is 13.2 Å². The molecule has 0 aromatic rings. The summed E-state index contributed by atoms with van der Waals surface area (Å²) in [4.78, 5) is 26.7. The molecule has 2 fully saturated rings. The number of hydrogen-bond acceptors (Lipinski definition) is 6. The molecule has 2 amide bonds. The van der Waals surface area contributed by atoms with Crippen molar-refractivity contribution in [1.29, 1.82) is 0 Å². The Morgan fingerprint density at radius 2 is 1.52 bits per heavy atom. The zero-order chi connectivity index (χ0) is 21.2. The Balaban J connectivity index is 0.000000291. The number of ether oxygens (including phenoxy) is 1. The highest BCUT2D eigenvalue weighted by Gasteiger charge is 2.10. The zero-order valence-corrected chi connectivity index (χ0v) is 18.5. The van der Waals surface area contributed by atoms with E-state index in [0.29, 0.717) is 6.42 Å². The third-order valence-corrected chi connectivity index (χ3v) is 5.59. The quantitative estimate of drug-likeness (QED) is 0.293. The molecule has 166 valence electrons. The molecule has 2 heterocycles. The van der Waals surface area contributed by atoms with E-state index in [1.807, 2.05) is 11.8 Å². The molecule has 0 radical (unpaired) electrons. The summed E-state index contributed by atoms with van der Waals surface area (Å²) in [6.45, 7) is 16.7. The van der Waals surface area contributed by atoms with Crippen LogP contribution in [0.4, 0.5) is 0 Å². The average Bonchev–Trinajstić information content (AvgIpc) is 2.76. The Labute approximate surface area is 180 Å². The monoisotopic (exact) mass is 426 g/mol. The van der Waals surface area contributed by atoms with Crippen LogP contribution < -0.4 is 10.6 Å². The second-order valence-electron chi connectivity index (χ2n) is 6.95.